The fraction of sp³-hybridized carbons (Fsp3) is 0.333. The van der Waals surface area contributed by atoms with E-state index < -0.39 is 16.7 Å². The Morgan fingerprint density at radius 1 is 1.17 bits per heavy atom. The number of anilines is 2. The first-order chi connectivity index (χ1) is 13.7. The molecule has 0 saturated carbocycles. The van der Waals surface area contributed by atoms with Gasteiger partial charge < -0.3 is 9.80 Å². The van der Waals surface area contributed by atoms with Gasteiger partial charge in [0, 0.05) is 44.5 Å². The highest BCUT2D eigenvalue weighted by Crippen LogP contribution is 2.34. The molecule has 0 spiro atoms. The Bertz CT molecular complexity index is 977. The molecule has 0 amide bonds. The number of alkyl halides is 3. The lowest BCUT2D eigenvalue weighted by atomic mass is 10.1. The maximum absolute atomic E-state index is 12.8. The van der Waals surface area contributed by atoms with Crippen LogP contribution in [0.4, 0.5) is 30.4 Å². The molecule has 0 atom stereocenters. The molecule has 0 unspecified atom stereocenters. The van der Waals surface area contributed by atoms with Crippen LogP contribution < -0.4 is 9.80 Å². The summed E-state index contributed by atoms with van der Waals surface area (Å²) in [5.41, 5.74) is -0.306. The Morgan fingerprint density at radius 2 is 1.86 bits per heavy atom. The molecule has 1 saturated heterocycles. The minimum Gasteiger partial charge on any atom is -0.369 e. The first kappa shape index (κ1) is 20.7. The second kappa shape index (κ2) is 8.13. The van der Waals surface area contributed by atoms with E-state index >= 15 is 0 Å². The summed E-state index contributed by atoms with van der Waals surface area (Å²) in [6, 6.07) is 6.95. The van der Waals surface area contributed by atoms with Crippen LogP contribution in [0.1, 0.15) is 17.5 Å². The van der Waals surface area contributed by atoms with Crippen LogP contribution in [-0.2, 0) is 6.18 Å². The quantitative estimate of drug-likeness (QED) is 0.539. The van der Waals surface area contributed by atoms with E-state index in [2.05, 4.69) is 4.98 Å². The third-order valence-corrected chi connectivity index (χ3v) is 4.87. The molecule has 1 aromatic heterocycles. The SMILES string of the molecule is N#Cc1cc([N+](=O)[O-])ccc1N1CCCN(c2ncc(C(F)(F)F)cc2Cl)CC1. The Kier molecular flexibility index (Phi) is 5.79. The number of pyridine rings is 1. The average Bonchev–Trinajstić information content (AvgIpc) is 2.92. The number of hydrogen-bond acceptors (Lipinski definition) is 6. The summed E-state index contributed by atoms with van der Waals surface area (Å²) in [5.74, 6) is 0.269. The molecule has 0 radical (unpaired) electrons. The molecule has 2 aromatic rings. The van der Waals surface area contributed by atoms with Gasteiger partial charge in [0.1, 0.15) is 11.9 Å². The monoisotopic (exact) mass is 425 g/mol. The van der Waals surface area contributed by atoms with Crippen LogP contribution in [0.15, 0.2) is 30.5 Å². The van der Waals surface area contributed by atoms with E-state index in [-0.39, 0.29) is 22.1 Å². The lowest BCUT2D eigenvalue weighted by Gasteiger charge is -2.25. The van der Waals surface area contributed by atoms with Crippen LogP contribution >= 0.6 is 11.6 Å². The Balaban J connectivity index is 1.80. The van der Waals surface area contributed by atoms with Crippen molar-refractivity contribution in [2.45, 2.75) is 12.6 Å². The van der Waals surface area contributed by atoms with Gasteiger partial charge in [-0.05, 0) is 18.6 Å². The standard InChI is InChI=1S/C18H15ClF3N5O2/c19-15-9-13(18(20,21)22)11-24-17(15)26-5-1-4-25(6-7-26)16-3-2-14(27(28)29)8-12(16)10-23/h2-3,8-9,11H,1,4-7H2. The third-order valence-electron chi connectivity index (χ3n) is 4.60. The number of benzene rings is 1. The van der Waals surface area contributed by atoms with Gasteiger partial charge in [-0.3, -0.25) is 10.1 Å². The third kappa shape index (κ3) is 4.51. The summed E-state index contributed by atoms with van der Waals surface area (Å²) < 4.78 is 38.4. The van der Waals surface area contributed by atoms with E-state index in [1.165, 1.54) is 18.2 Å². The number of nitriles is 1. The van der Waals surface area contributed by atoms with Crippen LogP contribution in [0.2, 0.25) is 5.02 Å². The summed E-state index contributed by atoms with van der Waals surface area (Å²) in [4.78, 5) is 18.0. The molecule has 3 rings (SSSR count). The molecule has 0 aliphatic carbocycles. The van der Waals surface area contributed by atoms with Crippen molar-refractivity contribution in [3.8, 4) is 6.07 Å². The number of hydrogen-bond donors (Lipinski definition) is 0. The van der Waals surface area contributed by atoms with Crippen molar-refractivity contribution < 1.29 is 18.1 Å². The zero-order valence-electron chi connectivity index (χ0n) is 15.0. The largest absolute Gasteiger partial charge is 0.417 e. The van der Waals surface area contributed by atoms with Gasteiger partial charge in [0.15, 0.2) is 0 Å². The predicted molar refractivity (Wildman–Crippen MR) is 101 cm³/mol. The van der Waals surface area contributed by atoms with E-state index in [1.807, 2.05) is 11.0 Å². The molecule has 29 heavy (non-hydrogen) atoms. The number of rotatable bonds is 3. The molecule has 0 bridgehead atoms. The Hall–Kier alpha value is -3.06. The second-order valence-electron chi connectivity index (χ2n) is 6.43. The maximum atomic E-state index is 12.8. The van der Waals surface area contributed by atoms with Gasteiger partial charge >= 0.3 is 6.18 Å². The van der Waals surface area contributed by atoms with Gasteiger partial charge in [-0.1, -0.05) is 11.6 Å². The molecule has 1 fully saturated rings. The average molecular weight is 426 g/mol. The zero-order chi connectivity index (χ0) is 21.2. The second-order valence-corrected chi connectivity index (χ2v) is 6.83. The maximum Gasteiger partial charge on any atom is 0.417 e. The fourth-order valence-electron chi connectivity index (χ4n) is 3.19. The summed E-state index contributed by atoms with van der Waals surface area (Å²) >= 11 is 6.05. The van der Waals surface area contributed by atoms with Gasteiger partial charge in [0.2, 0.25) is 0 Å². The minimum absolute atomic E-state index is 0.0821. The molecule has 2 heterocycles. The van der Waals surface area contributed by atoms with Crippen molar-refractivity contribution in [2.24, 2.45) is 0 Å². The topological polar surface area (TPSA) is 86.3 Å². The van der Waals surface area contributed by atoms with Crippen molar-refractivity contribution >= 4 is 28.8 Å². The summed E-state index contributed by atoms with van der Waals surface area (Å²) in [5, 5.41) is 20.2. The van der Waals surface area contributed by atoms with Crippen LogP contribution in [0.5, 0.6) is 0 Å². The van der Waals surface area contributed by atoms with E-state index in [4.69, 9.17) is 11.6 Å². The van der Waals surface area contributed by atoms with Crippen LogP contribution in [0.3, 0.4) is 0 Å². The molecule has 11 heteroatoms. The Morgan fingerprint density at radius 3 is 2.48 bits per heavy atom. The van der Waals surface area contributed by atoms with E-state index in [9.17, 15) is 28.5 Å². The number of nitro benzene ring substituents is 1. The zero-order valence-corrected chi connectivity index (χ0v) is 15.7. The number of nitrogens with zero attached hydrogens (tertiary/aromatic N) is 5. The van der Waals surface area contributed by atoms with Crippen molar-refractivity contribution in [2.75, 3.05) is 36.0 Å². The van der Waals surface area contributed by atoms with E-state index in [0.29, 0.717) is 38.3 Å². The molecule has 1 aliphatic rings. The molecule has 1 aromatic carbocycles. The fourth-order valence-corrected chi connectivity index (χ4v) is 3.48. The lowest BCUT2D eigenvalue weighted by Crippen LogP contribution is -2.31. The highest BCUT2D eigenvalue weighted by atomic mass is 35.5. The minimum atomic E-state index is -4.52. The molecular formula is C18H15ClF3N5O2. The van der Waals surface area contributed by atoms with Gasteiger partial charge in [0.25, 0.3) is 5.69 Å². The highest BCUT2D eigenvalue weighted by molar-refractivity contribution is 6.33. The number of aromatic nitrogens is 1. The molecule has 7 nitrogen and oxygen atoms in total. The predicted octanol–water partition coefficient (Wildman–Crippen LogP) is 4.25. The van der Waals surface area contributed by atoms with Gasteiger partial charge in [-0.2, -0.15) is 18.4 Å². The van der Waals surface area contributed by atoms with Crippen LogP contribution in [0.25, 0.3) is 0 Å². The van der Waals surface area contributed by atoms with Crippen molar-refractivity contribution in [1.82, 2.24) is 4.98 Å². The molecule has 152 valence electrons. The van der Waals surface area contributed by atoms with Gasteiger partial charge in [0.05, 0.1) is 26.8 Å². The number of halogens is 4. The van der Waals surface area contributed by atoms with Crippen LogP contribution in [-0.4, -0.2) is 36.1 Å². The summed E-state index contributed by atoms with van der Waals surface area (Å²) in [6.07, 6.45) is -3.12. The van der Waals surface area contributed by atoms with Gasteiger partial charge in [-0.25, -0.2) is 4.98 Å². The highest BCUT2D eigenvalue weighted by Gasteiger charge is 2.32. The number of non-ortho nitro benzene ring substituents is 1. The van der Waals surface area contributed by atoms with Crippen molar-refractivity contribution in [1.29, 1.82) is 5.26 Å². The first-order valence-corrected chi connectivity index (χ1v) is 8.99. The van der Waals surface area contributed by atoms with Gasteiger partial charge in [-0.15, -0.1) is 0 Å². The van der Waals surface area contributed by atoms with Crippen molar-refractivity contribution in [3.05, 3.63) is 56.7 Å². The molecule has 1 aliphatic heterocycles. The number of nitro groups is 1. The van der Waals surface area contributed by atoms with E-state index in [1.54, 1.807) is 4.90 Å². The normalized spacial score (nSPS) is 15.0. The molecular weight excluding hydrogens is 411 g/mol. The Labute approximate surface area is 169 Å². The summed E-state index contributed by atoms with van der Waals surface area (Å²) in [7, 11) is 0. The van der Waals surface area contributed by atoms with Crippen LogP contribution in [0, 0.1) is 21.4 Å². The van der Waals surface area contributed by atoms with E-state index in [0.717, 1.165) is 12.3 Å². The molecule has 0 N–H and O–H groups in total. The summed E-state index contributed by atoms with van der Waals surface area (Å²) in [6.45, 7) is 1.95. The lowest BCUT2D eigenvalue weighted by molar-refractivity contribution is -0.384. The van der Waals surface area contributed by atoms with Crippen molar-refractivity contribution in [3.63, 3.8) is 0 Å². The smallest absolute Gasteiger partial charge is 0.369 e. The first-order valence-electron chi connectivity index (χ1n) is 8.62.